The molecule has 1 aliphatic rings. The fourth-order valence-electron chi connectivity index (χ4n) is 2.70. The Labute approximate surface area is 120 Å². The highest BCUT2D eigenvalue weighted by Crippen LogP contribution is 2.27. The molecular weight excluding hydrogens is 276 g/mol. The summed E-state index contributed by atoms with van der Waals surface area (Å²) in [4.78, 5) is 0. The summed E-state index contributed by atoms with van der Waals surface area (Å²) in [6.45, 7) is 1.54. The van der Waals surface area contributed by atoms with Crippen LogP contribution in [0.4, 0.5) is 0 Å². The van der Waals surface area contributed by atoms with E-state index >= 15 is 0 Å². The van der Waals surface area contributed by atoms with E-state index in [1.807, 2.05) is 16.9 Å². The minimum Gasteiger partial charge on any atom is -0.391 e. The summed E-state index contributed by atoms with van der Waals surface area (Å²) in [5.74, 6) is 0. The smallest absolute Gasteiger partial charge is 0.152 e. The standard InChI is InChI=1S/C14H24N2O3S/c1-11(20(2,18)19)14(17)10-12-8-9-16(15-12)13-6-4-3-5-7-13/h8-9,11,13-14,17H,3-7,10H2,1-2H3. The molecule has 0 saturated heterocycles. The SMILES string of the molecule is CC(C(O)Cc1ccn(C2CCCCC2)n1)S(C)(=O)=O. The van der Waals surface area contributed by atoms with E-state index in [0.717, 1.165) is 24.8 Å². The quantitative estimate of drug-likeness (QED) is 0.899. The zero-order chi connectivity index (χ0) is 14.8. The second kappa shape index (κ2) is 6.26. The van der Waals surface area contributed by atoms with E-state index in [-0.39, 0.29) is 6.42 Å². The molecule has 1 fully saturated rings. The van der Waals surface area contributed by atoms with Crippen LogP contribution in [0.15, 0.2) is 12.3 Å². The molecule has 114 valence electrons. The van der Waals surface area contributed by atoms with Gasteiger partial charge in [-0.05, 0) is 25.8 Å². The van der Waals surface area contributed by atoms with Gasteiger partial charge in [-0.2, -0.15) is 5.10 Å². The molecular formula is C14H24N2O3S. The molecule has 2 atom stereocenters. The lowest BCUT2D eigenvalue weighted by Crippen LogP contribution is -2.32. The number of aliphatic hydroxyl groups excluding tert-OH is 1. The van der Waals surface area contributed by atoms with E-state index in [4.69, 9.17) is 0 Å². The number of aromatic nitrogens is 2. The first-order chi connectivity index (χ1) is 9.38. The van der Waals surface area contributed by atoms with E-state index in [1.54, 1.807) is 0 Å². The van der Waals surface area contributed by atoms with Crippen LogP contribution in [0.5, 0.6) is 0 Å². The van der Waals surface area contributed by atoms with Crippen LogP contribution in [-0.2, 0) is 16.3 Å². The summed E-state index contributed by atoms with van der Waals surface area (Å²) >= 11 is 0. The fraction of sp³-hybridized carbons (Fsp3) is 0.786. The van der Waals surface area contributed by atoms with Crippen LogP contribution < -0.4 is 0 Å². The zero-order valence-corrected chi connectivity index (χ0v) is 13.0. The van der Waals surface area contributed by atoms with Crippen LogP contribution in [0.3, 0.4) is 0 Å². The number of aliphatic hydroxyl groups is 1. The topological polar surface area (TPSA) is 72.2 Å². The summed E-state index contributed by atoms with van der Waals surface area (Å²) < 4.78 is 24.8. The fourth-order valence-corrected chi connectivity index (χ4v) is 3.37. The van der Waals surface area contributed by atoms with E-state index in [1.165, 1.54) is 26.2 Å². The van der Waals surface area contributed by atoms with Gasteiger partial charge in [0.1, 0.15) is 0 Å². The van der Waals surface area contributed by atoms with Gasteiger partial charge in [-0.1, -0.05) is 19.3 Å². The third-order valence-corrected chi connectivity index (χ3v) is 5.91. The number of hydrogen-bond acceptors (Lipinski definition) is 4. The van der Waals surface area contributed by atoms with Crippen molar-refractivity contribution in [3.8, 4) is 0 Å². The van der Waals surface area contributed by atoms with Crippen molar-refractivity contribution in [3.63, 3.8) is 0 Å². The van der Waals surface area contributed by atoms with Crippen LogP contribution in [0.1, 0.15) is 50.8 Å². The van der Waals surface area contributed by atoms with E-state index < -0.39 is 21.2 Å². The Morgan fingerprint density at radius 3 is 2.65 bits per heavy atom. The summed E-state index contributed by atoms with van der Waals surface area (Å²) in [5.41, 5.74) is 0.763. The van der Waals surface area contributed by atoms with Crippen LogP contribution in [0.25, 0.3) is 0 Å². The Morgan fingerprint density at radius 2 is 2.05 bits per heavy atom. The molecule has 0 amide bonds. The minimum atomic E-state index is -3.22. The van der Waals surface area contributed by atoms with Crippen molar-refractivity contribution in [1.29, 1.82) is 0 Å². The Hall–Kier alpha value is -0.880. The molecule has 0 bridgehead atoms. The van der Waals surface area contributed by atoms with Gasteiger partial charge in [0.2, 0.25) is 0 Å². The number of hydrogen-bond donors (Lipinski definition) is 1. The molecule has 1 aromatic rings. The second-order valence-electron chi connectivity index (χ2n) is 5.89. The van der Waals surface area contributed by atoms with Gasteiger partial charge < -0.3 is 5.11 Å². The molecule has 20 heavy (non-hydrogen) atoms. The highest BCUT2D eigenvalue weighted by Gasteiger charge is 2.25. The van der Waals surface area contributed by atoms with Gasteiger partial charge in [0.25, 0.3) is 0 Å². The maximum atomic E-state index is 11.4. The largest absolute Gasteiger partial charge is 0.391 e. The van der Waals surface area contributed by atoms with Crippen molar-refractivity contribution in [1.82, 2.24) is 9.78 Å². The Bertz CT molecular complexity index is 532. The van der Waals surface area contributed by atoms with Crippen LogP contribution in [-0.4, -0.2) is 40.9 Å². The predicted molar refractivity (Wildman–Crippen MR) is 78.4 cm³/mol. The summed E-state index contributed by atoms with van der Waals surface area (Å²) in [6.07, 6.45) is 8.58. The average Bonchev–Trinajstić information content (AvgIpc) is 2.86. The van der Waals surface area contributed by atoms with Crippen molar-refractivity contribution in [2.45, 2.75) is 62.8 Å². The van der Waals surface area contributed by atoms with Crippen molar-refractivity contribution < 1.29 is 13.5 Å². The van der Waals surface area contributed by atoms with E-state index in [9.17, 15) is 13.5 Å². The predicted octanol–water partition coefficient (Wildman–Crippen LogP) is 1.72. The second-order valence-corrected chi connectivity index (χ2v) is 8.29. The number of rotatable bonds is 5. The summed E-state index contributed by atoms with van der Waals surface area (Å²) in [5, 5.41) is 13.7. The van der Waals surface area contributed by atoms with Crippen LogP contribution in [0, 0.1) is 0 Å². The first kappa shape index (κ1) is 15.5. The Balaban J connectivity index is 1.98. The molecule has 1 aromatic heterocycles. The molecule has 0 aromatic carbocycles. The van der Waals surface area contributed by atoms with Crippen molar-refractivity contribution in [2.24, 2.45) is 0 Å². The molecule has 2 rings (SSSR count). The lowest BCUT2D eigenvalue weighted by molar-refractivity contribution is 0.171. The highest BCUT2D eigenvalue weighted by molar-refractivity contribution is 7.91. The molecule has 1 aliphatic carbocycles. The monoisotopic (exact) mass is 300 g/mol. The summed E-state index contributed by atoms with van der Waals surface area (Å²) in [7, 11) is -3.22. The van der Waals surface area contributed by atoms with Gasteiger partial charge in [-0.15, -0.1) is 0 Å². The normalized spacial score (nSPS) is 20.8. The van der Waals surface area contributed by atoms with Gasteiger partial charge in [-0.25, -0.2) is 8.42 Å². The number of sulfone groups is 1. The maximum absolute atomic E-state index is 11.4. The minimum absolute atomic E-state index is 0.286. The highest BCUT2D eigenvalue weighted by atomic mass is 32.2. The molecule has 2 unspecified atom stereocenters. The average molecular weight is 300 g/mol. The van der Waals surface area contributed by atoms with Crippen LogP contribution >= 0.6 is 0 Å². The molecule has 0 spiro atoms. The van der Waals surface area contributed by atoms with Gasteiger partial charge in [-0.3, -0.25) is 4.68 Å². The summed E-state index contributed by atoms with van der Waals surface area (Å²) in [6, 6.07) is 2.34. The van der Waals surface area contributed by atoms with Crippen molar-refractivity contribution >= 4 is 9.84 Å². The molecule has 0 radical (unpaired) electrons. The Morgan fingerprint density at radius 1 is 1.40 bits per heavy atom. The van der Waals surface area contributed by atoms with Gasteiger partial charge in [0, 0.05) is 18.9 Å². The van der Waals surface area contributed by atoms with Gasteiger partial charge >= 0.3 is 0 Å². The van der Waals surface area contributed by atoms with E-state index in [0.29, 0.717) is 6.04 Å². The first-order valence-electron chi connectivity index (χ1n) is 7.29. The third kappa shape index (κ3) is 3.82. The molecule has 0 aliphatic heterocycles. The maximum Gasteiger partial charge on any atom is 0.152 e. The Kier molecular flexibility index (Phi) is 4.86. The van der Waals surface area contributed by atoms with Gasteiger partial charge in [0.05, 0.1) is 23.1 Å². The molecule has 1 saturated carbocycles. The van der Waals surface area contributed by atoms with E-state index in [2.05, 4.69) is 5.10 Å². The molecule has 6 heteroatoms. The van der Waals surface area contributed by atoms with Crippen molar-refractivity contribution in [3.05, 3.63) is 18.0 Å². The van der Waals surface area contributed by atoms with Crippen LogP contribution in [0.2, 0.25) is 0 Å². The van der Waals surface area contributed by atoms with Gasteiger partial charge in [0.15, 0.2) is 9.84 Å². The third-order valence-electron chi connectivity index (χ3n) is 4.25. The molecule has 1 N–H and O–H groups in total. The zero-order valence-electron chi connectivity index (χ0n) is 12.2. The lowest BCUT2D eigenvalue weighted by Gasteiger charge is -2.22. The first-order valence-corrected chi connectivity index (χ1v) is 9.24. The number of nitrogens with zero attached hydrogens (tertiary/aromatic N) is 2. The molecule has 1 heterocycles. The lowest BCUT2D eigenvalue weighted by atomic mass is 9.96. The van der Waals surface area contributed by atoms with Crippen molar-refractivity contribution in [2.75, 3.05) is 6.26 Å². The molecule has 5 nitrogen and oxygen atoms in total.